The summed E-state index contributed by atoms with van der Waals surface area (Å²) >= 11 is 0. The predicted molar refractivity (Wildman–Crippen MR) is 203 cm³/mol. The summed E-state index contributed by atoms with van der Waals surface area (Å²) in [4.78, 5) is 88.2. The molecule has 2 aromatic rings. The lowest BCUT2D eigenvalue weighted by atomic mass is 9.74. The number of benzene rings is 2. The average Bonchev–Trinajstić information content (AvgIpc) is 3.62. The third kappa shape index (κ3) is 8.95. The van der Waals surface area contributed by atoms with Gasteiger partial charge in [-0.1, -0.05) is 80.9 Å². The molecule has 3 aliphatic rings. The van der Waals surface area contributed by atoms with Gasteiger partial charge in [0.15, 0.2) is 23.4 Å². The number of aldehydes is 1. The maximum Gasteiger partial charge on any atom is 0.246 e. The molecule has 292 valence electrons. The Balaban J connectivity index is 1.49. The van der Waals surface area contributed by atoms with E-state index in [4.69, 9.17) is 5.73 Å². The van der Waals surface area contributed by atoms with E-state index in [9.17, 15) is 24.0 Å². The number of rotatable bonds is 16. The van der Waals surface area contributed by atoms with Crippen LogP contribution in [0.5, 0.6) is 0 Å². The molecule has 3 amide bonds. The summed E-state index contributed by atoms with van der Waals surface area (Å²) in [6, 6.07) is 13.9. The lowest BCUT2D eigenvalue weighted by Crippen LogP contribution is -2.69. The number of carbonyl (C=O) groups excluding carboxylic acids is 6. The minimum absolute atomic E-state index is 0.0345. The van der Waals surface area contributed by atoms with Gasteiger partial charge in [-0.25, -0.2) is 10.9 Å². The minimum Gasteiger partial charge on any atom is -0.343 e. The predicted octanol–water partition coefficient (Wildman–Crippen LogP) is 0.595. The number of nitrogens with two attached hydrogens (primary N) is 1. The first-order chi connectivity index (χ1) is 26.0. The lowest BCUT2D eigenvalue weighted by molar-refractivity contribution is -0.158. The Labute approximate surface area is 317 Å². The van der Waals surface area contributed by atoms with E-state index >= 15 is 4.79 Å². The van der Waals surface area contributed by atoms with E-state index in [2.05, 4.69) is 27.0 Å². The summed E-state index contributed by atoms with van der Waals surface area (Å²) in [6.07, 6.45) is 3.79. The standard InChI is InChI=1S/C40H56N8O6/c1-4-26(2)34(44-37(52)30(41)23-27-13-7-5-8-14-27)39(54)47(3)33(24-28-15-9-6-10-16-28)38(53)48-22-19-29(35(50)31-17-11-20-42-45-31)40(48,25-49)36(51)32-18-12-21-43-46-32/h5-10,13-16,25-26,29-34,42-43,45-46H,4,11-12,17-24,41H2,1-3H3,(H,44,52)/t26-,29?,30+,31?,32?,33+,34-,40+/m0/s1. The Bertz CT molecular complexity index is 1620. The highest BCUT2D eigenvalue weighted by atomic mass is 16.2. The Kier molecular flexibility index (Phi) is 14.2. The van der Waals surface area contributed by atoms with Crippen LogP contribution in [-0.4, -0.2) is 108 Å². The molecule has 54 heavy (non-hydrogen) atoms. The third-order valence-electron chi connectivity index (χ3n) is 11.4. The maximum atomic E-state index is 15.1. The molecule has 3 unspecified atom stereocenters. The molecule has 14 nitrogen and oxygen atoms in total. The van der Waals surface area contributed by atoms with Gasteiger partial charge in [-0.2, -0.15) is 0 Å². The van der Waals surface area contributed by atoms with Gasteiger partial charge in [0.05, 0.1) is 24.0 Å². The molecular formula is C40H56N8O6. The van der Waals surface area contributed by atoms with Crippen molar-refractivity contribution in [2.75, 3.05) is 26.7 Å². The molecule has 3 heterocycles. The molecule has 0 saturated carbocycles. The number of hydrazine groups is 2. The van der Waals surface area contributed by atoms with Crippen molar-refractivity contribution in [3.05, 3.63) is 71.8 Å². The van der Waals surface area contributed by atoms with Crippen LogP contribution >= 0.6 is 0 Å². The van der Waals surface area contributed by atoms with Gasteiger partial charge in [0, 0.05) is 33.1 Å². The van der Waals surface area contributed by atoms with Crippen LogP contribution in [-0.2, 0) is 41.6 Å². The number of nitrogens with zero attached hydrogens (tertiary/aromatic N) is 2. The summed E-state index contributed by atoms with van der Waals surface area (Å²) in [6.45, 7) is 5.02. The first kappa shape index (κ1) is 40.8. The number of nitrogens with one attached hydrogen (secondary N) is 5. The van der Waals surface area contributed by atoms with Gasteiger partial charge in [-0.3, -0.25) is 34.8 Å². The first-order valence-electron chi connectivity index (χ1n) is 19.3. The van der Waals surface area contributed by atoms with Crippen molar-refractivity contribution < 1.29 is 28.8 Å². The summed E-state index contributed by atoms with van der Waals surface area (Å²) in [5.74, 6) is -3.92. The fourth-order valence-corrected chi connectivity index (χ4v) is 7.95. The van der Waals surface area contributed by atoms with Crippen molar-refractivity contribution >= 4 is 35.6 Å². The topological polar surface area (TPSA) is 195 Å². The summed E-state index contributed by atoms with van der Waals surface area (Å²) in [5.41, 5.74) is 17.9. The van der Waals surface area contributed by atoms with Crippen LogP contribution in [0.2, 0.25) is 0 Å². The van der Waals surface area contributed by atoms with Crippen molar-refractivity contribution in [1.29, 1.82) is 0 Å². The van der Waals surface area contributed by atoms with Gasteiger partial charge in [-0.05, 0) is 55.6 Å². The minimum atomic E-state index is -2.10. The highest BCUT2D eigenvalue weighted by Gasteiger charge is 2.61. The number of ketones is 2. The molecule has 0 radical (unpaired) electrons. The van der Waals surface area contributed by atoms with Gasteiger partial charge in [0.1, 0.15) is 12.1 Å². The van der Waals surface area contributed by atoms with Crippen LogP contribution in [0.25, 0.3) is 0 Å². The second-order valence-corrected chi connectivity index (χ2v) is 14.9. The fraction of sp³-hybridized carbons (Fsp3) is 0.550. The Morgan fingerprint density at radius 2 is 1.48 bits per heavy atom. The Morgan fingerprint density at radius 3 is 2.02 bits per heavy atom. The fourth-order valence-electron chi connectivity index (χ4n) is 7.95. The van der Waals surface area contributed by atoms with Gasteiger partial charge < -0.3 is 25.6 Å². The number of Topliss-reactive ketones (excluding diaryl/α,β-unsaturated/α-hetero) is 2. The number of hydrogen-bond donors (Lipinski definition) is 6. The number of likely N-dealkylation sites (tertiary alicyclic amines) is 1. The van der Waals surface area contributed by atoms with Crippen LogP contribution in [0, 0.1) is 11.8 Å². The normalized spacial score (nSPS) is 25.1. The second-order valence-electron chi connectivity index (χ2n) is 14.9. The molecule has 3 fully saturated rings. The summed E-state index contributed by atoms with van der Waals surface area (Å²) in [5, 5.41) is 2.88. The quantitative estimate of drug-likeness (QED) is 0.104. The second kappa shape index (κ2) is 18.8. The SMILES string of the molecule is CC[C@H](C)[C@H](NC(=O)[C@H](N)Cc1ccccc1)C(=O)N(C)[C@H](Cc1ccccc1)C(=O)N1CCC(C(=O)C2CCCNN2)[C@]1(C=O)C(=O)C1CCCNN1. The van der Waals surface area contributed by atoms with E-state index in [1.54, 1.807) is 0 Å². The van der Waals surface area contributed by atoms with Crippen LogP contribution in [0.3, 0.4) is 0 Å². The van der Waals surface area contributed by atoms with Crippen LogP contribution < -0.4 is 32.8 Å². The van der Waals surface area contributed by atoms with Crippen molar-refractivity contribution in [2.24, 2.45) is 17.6 Å². The Morgan fingerprint density at radius 1 is 0.907 bits per heavy atom. The monoisotopic (exact) mass is 744 g/mol. The van der Waals surface area contributed by atoms with Crippen LogP contribution in [0.1, 0.15) is 63.5 Å². The molecule has 3 aliphatic heterocycles. The zero-order chi connectivity index (χ0) is 38.8. The highest BCUT2D eigenvalue weighted by Crippen LogP contribution is 2.39. The number of carbonyl (C=O) groups is 6. The molecule has 8 atom stereocenters. The van der Waals surface area contributed by atoms with Crippen molar-refractivity contribution in [2.45, 2.75) is 101 Å². The van der Waals surface area contributed by atoms with E-state index in [0.717, 1.165) is 17.5 Å². The van der Waals surface area contributed by atoms with Crippen molar-refractivity contribution in [3.63, 3.8) is 0 Å². The van der Waals surface area contributed by atoms with Gasteiger partial charge >= 0.3 is 0 Å². The summed E-state index contributed by atoms with van der Waals surface area (Å²) in [7, 11) is 1.51. The molecule has 0 aliphatic carbocycles. The number of hydrogen-bond acceptors (Lipinski definition) is 11. The van der Waals surface area contributed by atoms with E-state index in [-0.39, 0.29) is 37.5 Å². The zero-order valence-corrected chi connectivity index (χ0v) is 31.6. The van der Waals surface area contributed by atoms with Crippen LogP contribution in [0.15, 0.2) is 60.7 Å². The number of amides is 3. The van der Waals surface area contributed by atoms with E-state index in [0.29, 0.717) is 45.1 Å². The smallest absolute Gasteiger partial charge is 0.246 e. The third-order valence-corrected chi connectivity index (χ3v) is 11.4. The Hall–Kier alpha value is -4.34. The highest BCUT2D eigenvalue weighted by molar-refractivity contribution is 6.14. The molecule has 5 rings (SSSR count). The van der Waals surface area contributed by atoms with E-state index in [1.165, 1.54) is 16.8 Å². The first-order valence-corrected chi connectivity index (χ1v) is 19.3. The molecular weight excluding hydrogens is 688 g/mol. The number of likely N-dealkylation sites (N-methyl/N-ethyl adjacent to an activating group) is 1. The molecule has 3 saturated heterocycles. The molecule has 7 N–H and O–H groups in total. The average molecular weight is 745 g/mol. The molecule has 0 bridgehead atoms. The maximum absolute atomic E-state index is 15.1. The van der Waals surface area contributed by atoms with Gasteiger partial charge in [-0.15, -0.1) is 0 Å². The molecule has 0 aromatic heterocycles. The lowest BCUT2D eigenvalue weighted by Gasteiger charge is -2.42. The summed E-state index contributed by atoms with van der Waals surface area (Å²) < 4.78 is 0. The van der Waals surface area contributed by atoms with E-state index in [1.807, 2.05) is 74.5 Å². The van der Waals surface area contributed by atoms with Gasteiger partial charge in [0.2, 0.25) is 17.7 Å². The molecule has 14 heteroatoms. The zero-order valence-electron chi connectivity index (χ0n) is 31.6. The van der Waals surface area contributed by atoms with Gasteiger partial charge in [0.25, 0.3) is 0 Å². The van der Waals surface area contributed by atoms with Crippen molar-refractivity contribution in [3.8, 4) is 0 Å². The van der Waals surface area contributed by atoms with Crippen molar-refractivity contribution in [1.82, 2.24) is 36.8 Å². The van der Waals surface area contributed by atoms with Crippen LogP contribution in [0.4, 0.5) is 0 Å². The molecule has 0 spiro atoms. The molecule has 2 aromatic carbocycles. The largest absolute Gasteiger partial charge is 0.343 e. The van der Waals surface area contributed by atoms with E-state index < -0.39 is 65.2 Å².